The summed E-state index contributed by atoms with van der Waals surface area (Å²) in [6, 6.07) is 5.06. The second-order valence-corrected chi connectivity index (χ2v) is 8.86. The van der Waals surface area contributed by atoms with Crippen molar-refractivity contribution in [1.82, 2.24) is 19.4 Å². The van der Waals surface area contributed by atoms with Gasteiger partial charge in [0, 0.05) is 25.7 Å². The van der Waals surface area contributed by atoms with Gasteiger partial charge < -0.3 is 4.98 Å². The van der Waals surface area contributed by atoms with Crippen LogP contribution in [0.15, 0.2) is 34.0 Å². The van der Waals surface area contributed by atoms with Crippen molar-refractivity contribution in [3.8, 4) is 11.3 Å². The maximum Gasteiger partial charge on any atom is 0.349 e. The second kappa shape index (κ2) is 6.99. The molecule has 0 radical (unpaired) electrons. The number of aryl methyl sites for hydroxylation is 1. The van der Waals surface area contributed by atoms with E-state index in [1.54, 1.807) is 36.1 Å². The van der Waals surface area contributed by atoms with E-state index in [0.29, 0.717) is 4.68 Å². The first kappa shape index (κ1) is 20.5. The van der Waals surface area contributed by atoms with Crippen molar-refractivity contribution >= 4 is 26.8 Å². The summed E-state index contributed by atoms with van der Waals surface area (Å²) in [4.78, 5) is 40.0. The number of nitrogens with zero attached hydrogens (tertiary/aromatic N) is 4. The lowest BCUT2D eigenvalue weighted by Crippen LogP contribution is -2.55. The maximum atomic E-state index is 13.1. The molecule has 1 amide bonds. The Labute approximate surface area is 166 Å². The molecule has 1 N–H and O–H groups in total. The van der Waals surface area contributed by atoms with Gasteiger partial charge in [0.2, 0.25) is 0 Å². The zero-order chi connectivity index (χ0) is 21.7. The van der Waals surface area contributed by atoms with E-state index in [4.69, 9.17) is 0 Å². The number of amides is 1. The van der Waals surface area contributed by atoms with E-state index < -0.39 is 27.2 Å². The van der Waals surface area contributed by atoms with Crippen LogP contribution in [0.3, 0.4) is 0 Å². The molecular weight excluding hydrogens is 398 g/mol. The van der Waals surface area contributed by atoms with Gasteiger partial charge in [-0.05, 0) is 29.7 Å². The number of hydrogen-bond donors (Lipinski definition) is 1. The van der Waals surface area contributed by atoms with Gasteiger partial charge in [0.1, 0.15) is 0 Å². The number of aromatic amines is 1. The van der Waals surface area contributed by atoms with Gasteiger partial charge >= 0.3 is 5.69 Å². The Morgan fingerprint density at radius 2 is 1.90 bits per heavy atom. The van der Waals surface area contributed by atoms with Crippen LogP contribution in [0.25, 0.3) is 22.2 Å². The normalized spacial score (nSPS) is 11.9. The highest BCUT2D eigenvalue weighted by Crippen LogP contribution is 2.31. The van der Waals surface area contributed by atoms with Crippen LogP contribution in [0.1, 0.15) is 32.3 Å². The molecular formula is C18H21N5O5S. The van der Waals surface area contributed by atoms with Crippen LogP contribution < -0.4 is 15.7 Å². The number of benzene rings is 1. The van der Waals surface area contributed by atoms with Gasteiger partial charge in [-0.25, -0.2) is 13.2 Å². The highest BCUT2D eigenvalue weighted by molar-refractivity contribution is 7.92. The van der Waals surface area contributed by atoms with Gasteiger partial charge in [-0.15, -0.1) is 9.09 Å². The van der Waals surface area contributed by atoms with E-state index in [0.717, 1.165) is 30.0 Å². The number of rotatable bonds is 4. The second-order valence-electron chi connectivity index (χ2n) is 7.05. The van der Waals surface area contributed by atoms with Gasteiger partial charge in [-0.3, -0.25) is 14.3 Å². The number of sulfonamides is 1. The Balaban J connectivity index is 2.46. The van der Waals surface area contributed by atoms with Gasteiger partial charge in [0.05, 0.1) is 22.9 Å². The van der Waals surface area contributed by atoms with E-state index in [1.165, 1.54) is 0 Å². The van der Waals surface area contributed by atoms with Crippen molar-refractivity contribution in [2.45, 2.75) is 26.7 Å². The summed E-state index contributed by atoms with van der Waals surface area (Å²) >= 11 is 0. The van der Waals surface area contributed by atoms with E-state index >= 15 is 0 Å². The van der Waals surface area contributed by atoms with Gasteiger partial charge in [-0.2, -0.15) is 5.10 Å². The molecule has 0 unspecified atom stereocenters. The van der Waals surface area contributed by atoms with Crippen molar-refractivity contribution in [2.75, 3.05) is 10.7 Å². The Hall–Kier alpha value is -3.21. The fourth-order valence-corrected chi connectivity index (χ4v) is 4.21. The molecule has 0 atom stereocenters. The maximum absolute atomic E-state index is 13.1. The van der Waals surface area contributed by atoms with Gasteiger partial charge in [0.15, 0.2) is 0 Å². The quantitative estimate of drug-likeness (QED) is 0.662. The fraction of sp³-hybridized carbons (Fsp3) is 0.333. The van der Waals surface area contributed by atoms with Crippen molar-refractivity contribution < 1.29 is 13.2 Å². The lowest BCUT2D eigenvalue weighted by atomic mass is 9.93. The number of carbonyl (C=O) groups excluding carboxylic acids is 1. The van der Waals surface area contributed by atoms with Gasteiger partial charge in [0.25, 0.3) is 21.5 Å². The molecule has 0 spiro atoms. The third kappa shape index (κ3) is 3.48. The molecule has 1 aromatic carbocycles. The summed E-state index contributed by atoms with van der Waals surface area (Å²) in [6.45, 7) is 4.91. The minimum Gasteiger partial charge on any atom is -0.305 e. The monoisotopic (exact) mass is 419 g/mol. The van der Waals surface area contributed by atoms with Crippen LogP contribution in [0.2, 0.25) is 0 Å². The third-order valence-electron chi connectivity index (χ3n) is 4.53. The number of nitrogens with one attached hydrogen (secondary N) is 1. The number of aromatic nitrogens is 4. The molecule has 11 heteroatoms. The minimum atomic E-state index is -4.20. The first-order valence-corrected chi connectivity index (χ1v) is 10.6. The SMILES string of the molecule is CC(=O)N(n1c(=O)[nH]c2cc(C(C)C)c(-c3ccnn3C)cc2c1=O)S(C)(=O)=O. The summed E-state index contributed by atoms with van der Waals surface area (Å²) in [5.74, 6) is -0.912. The molecule has 2 aromatic heterocycles. The topological polar surface area (TPSA) is 127 Å². The molecule has 3 aromatic rings. The van der Waals surface area contributed by atoms with Crippen LogP contribution in [-0.2, 0) is 21.9 Å². The zero-order valence-corrected chi connectivity index (χ0v) is 17.4. The summed E-state index contributed by atoms with van der Waals surface area (Å²) in [5, 5.41) is 4.22. The highest BCUT2D eigenvalue weighted by atomic mass is 32.2. The number of H-pyrrole nitrogens is 1. The highest BCUT2D eigenvalue weighted by Gasteiger charge is 2.27. The largest absolute Gasteiger partial charge is 0.349 e. The van der Waals surface area contributed by atoms with Crippen LogP contribution in [0.5, 0.6) is 0 Å². The number of hydrogen-bond acceptors (Lipinski definition) is 6. The Morgan fingerprint density at radius 1 is 1.24 bits per heavy atom. The molecule has 0 bridgehead atoms. The molecule has 10 nitrogen and oxygen atoms in total. The Bertz CT molecular complexity index is 1350. The Morgan fingerprint density at radius 3 is 2.38 bits per heavy atom. The first-order valence-electron chi connectivity index (χ1n) is 8.76. The predicted octanol–water partition coefficient (Wildman–Crippen LogP) is 0.658. The summed E-state index contributed by atoms with van der Waals surface area (Å²) < 4.78 is 26.2. The molecule has 0 saturated carbocycles. The summed E-state index contributed by atoms with van der Waals surface area (Å²) in [7, 11) is -2.44. The average Bonchev–Trinajstić information content (AvgIpc) is 3.01. The van der Waals surface area contributed by atoms with E-state index in [1.807, 2.05) is 13.8 Å². The molecule has 29 heavy (non-hydrogen) atoms. The average molecular weight is 419 g/mol. The van der Waals surface area contributed by atoms with Crippen molar-refractivity contribution in [3.63, 3.8) is 0 Å². The molecule has 0 aliphatic carbocycles. The smallest absolute Gasteiger partial charge is 0.305 e. The molecule has 2 heterocycles. The van der Waals surface area contributed by atoms with Crippen molar-refractivity contribution in [1.29, 1.82) is 0 Å². The van der Waals surface area contributed by atoms with Crippen LogP contribution in [0.4, 0.5) is 0 Å². The van der Waals surface area contributed by atoms with Crippen molar-refractivity contribution in [3.05, 3.63) is 50.8 Å². The molecule has 0 fully saturated rings. The number of carbonyl (C=O) groups is 1. The zero-order valence-electron chi connectivity index (χ0n) is 16.6. The minimum absolute atomic E-state index is 0.0694. The fourth-order valence-electron chi connectivity index (χ4n) is 3.30. The van der Waals surface area contributed by atoms with Crippen LogP contribution in [-0.4, -0.2) is 40.0 Å². The lowest BCUT2D eigenvalue weighted by Gasteiger charge is -2.20. The Kier molecular flexibility index (Phi) is 4.95. The van der Waals surface area contributed by atoms with E-state index in [9.17, 15) is 22.8 Å². The van der Waals surface area contributed by atoms with Crippen LogP contribution >= 0.6 is 0 Å². The van der Waals surface area contributed by atoms with Crippen LogP contribution in [0, 0.1) is 0 Å². The summed E-state index contributed by atoms with van der Waals surface area (Å²) in [5.41, 5.74) is 0.661. The third-order valence-corrected chi connectivity index (χ3v) is 5.58. The molecule has 0 aliphatic heterocycles. The van der Waals surface area contributed by atoms with E-state index in [2.05, 4.69) is 10.1 Å². The lowest BCUT2D eigenvalue weighted by molar-refractivity contribution is -0.116. The first-order chi connectivity index (χ1) is 13.4. The molecule has 0 saturated heterocycles. The van der Waals surface area contributed by atoms with Gasteiger partial charge in [-0.1, -0.05) is 13.8 Å². The molecule has 154 valence electrons. The number of fused-ring (bicyclic) bond motifs is 1. The van der Waals surface area contributed by atoms with E-state index in [-0.39, 0.29) is 21.2 Å². The standard InChI is InChI=1S/C18H21N5O5S/c1-10(2)12-9-15-14(8-13(12)16-6-7-19-21(16)4)17(25)22(18(26)20-15)23(11(3)24)29(5,27)28/h6-10H,1-5H3,(H,20,26). The molecule has 3 rings (SSSR count). The summed E-state index contributed by atoms with van der Waals surface area (Å²) in [6.07, 6.45) is 2.36. The van der Waals surface area contributed by atoms with Crippen molar-refractivity contribution in [2.24, 2.45) is 7.05 Å². The molecule has 0 aliphatic rings. The predicted molar refractivity (Wildman–Crippen MR) is 109 cm³/mol.